The largest absolute Gasteiger partial charge is 0.383 e. The van der Waals surface area contributed by atoms with Crippen molar-refractivity contribution in [2.24, 2.45) is 0 Å². The van der Waals surface area contributed by atoms with Crippen LogP contribution in [0, 0.1) is 0 Å². The second-order valence-corrected chi connectivity index (χ2v) is 4.07. The van der Waals surface area contributed by atoms with Crippen LogP contribution in [0.4, 0.5) is 5.82 Å². The minimum atomic E-state index is 0.248. The highest BCUT2D eigenvalue weighted by atomic mass is 35.5. The average Bonchev–Trinajstić information content (AvgIpc) is 2.29. The molecule has 0 bridgehead atoms. The molecule has 0 radical (unpaired) electrons. The number of methoxy groups -OCH3 is 1. The predicted octanol–water partition coefficient (Wildman–Crippen LogP) is 2.75. The molecule has 1 unspecified atom stereocenters. The number of rotatable bonds is 7. The topological polar surface area (TPSA) is 47.0 Å². The Morgan fingerprint density at radius 3 is 3.00 bits per heavy atom. The first-order valence-corrected chi connectivity index (χ1v) is 5.86. The summed E-state index contributed by atoms with van der Waals surface area (Å²) in [6, 6.07) is 0.248. The first kappa shape index (κ1) is 13.2. The van der Waals surface area contributed by atoms with E-state index in [4.69, 9.17) is 16.3 Å². The zero-order valence-corrected chi connectivity index (χ0v) is 10.5. The maximum Gasteiger partial charge on any atom is 0.148 e. The van der Waals surface area contributed by atoms with E-state index in [0.29, 0.717) is 17.4 Å². The second kappa shape index (κ2) is 7.41. The molecule has 90 valence electrons. The summed E-state index contributed by atoms with van der Waals surface area (Å²) in [5.74, 6) is 0.676. The Morgan fingerprint density at radius 2 is 2.38 bits per heavy atom. The quantitative estimate of drug-likeness (QED) is 0.800. The number of hydrogen-bond donors (Lipinski definition) is 1. The summed E-state index contributed by atoms with van der Waals surface area (Å²) in [6.45, 7) is 2.82. The monoisotopic (exact) mass is 243 g/mol. The van der Waals surface area contributed by atoms with E-state index in [1.807, 2.05) is 0 Å². The fourth-order valence-corrected chi connectivity index (χ4v) is 1.62. The minimum Gasteiger partial charge on any atom is -0.383 e. The molecule has 0 saturated carbocycles. The van der Waals surface area contributed by atoms with Gasteiger partial charge >= 0.3 is 0 Å². The van der Waals surface area contributed by atoms with Gasteiger partial charge in [0.15, 0.2) is 0 Å². The Bertz CT molecular complexity index is 309. The third kappa shape index (κ3) is 4.33. The maximum absolute atomic E-state index is 5.97. The van der Waals surface area contributed by atoms with Crippen molar-refractivity contribution in [1.29, 1.82) is 0 Å². The zero-order valence-electron chi connectivity index (χ0n) is 9.74. The third-order valence-electron chi connectivity index (χ3n) is 2.28. The smallest absolute Gasteiger partial charge is 0.148 e. The first-order chi connectivity index (χ1) is 7.77. The lowest BCUT2D eigenvalue weighted by Gasteiger charge is -2.18. The van der Waals surface area contributed by atoms with E-state index < -0.39 is 0 Å². The van der Waals surface area contributed by atoms with Crippen LogP contribution < -0.4 is 5.32 Å². The van der Waals surface area contributed by atoms with Gasteiger partial charge in [-0.15, -0.1) is 0 Å². The first-order valence-electron chi connectivity index (χ1n) is 5.49. The van der Waals surface area contributed by atoms with Crippen LogP contribution in [-0.4, -0.2) is 29.7 Å². The van der Waals surface area contributed by atoms with E-state index in [9.17, 15) is 0 Å². The average molecular weight is 244 g/mol. The Labute approximate surface area is 101 Å². The standard InChI is InChI=1S/C11H18ClN3O/c1-3-4-5-9(7-16-2)15-11-10(12)6-13-8-14-11/h6,8-9H,3-5,7H2,1-2H3,(H,13,14,15). The van der Waals surface area contributed by atoms with Crippen LogP contribution in [0.15, 0.2) is 12.5 Å². The molecule has 0 aliphatic heterocycles. The van der Waals surface area contributed by atoms with Crippen molar-refractivity contribution in [2.45, 2.75) is 32.2 Å². The van der Waals surface area contributed by atoms with Crippen LogP contribution in [0.25, 0.3) is 0 Å². The van der Waals surface area contributed by atoms with Crippen molar-refractivity contribution in [1.82, 2.24) is 9.97 Å². The van der Waals surface area contributed by atoms with Gasteiger partial charge < -0.3 is 10.1 Å². The van der Waals surface area contributed by atoms with Gasteiger partial charge in [0.25, 0.3) is 0 Å². The molecule has 5 heteroatoms. The molecule has 4 nitrogen and oxygen atoms in total. The summed E-state index contributed by atoms with van der Waals surface area (Å²) < 4.78 is 5.16. The number of nitrogens with zero attached hydrogens (tertiary/aromatic N) is 2. The minimum absolute atomic E-state index is 0.248. The lowest BCUT2D eigenvalue weighted by atomic mass is 10.1. The molecule has 1 heterocycles. The van der Waals surface area contributed by atoms with Crippen LogP contribution in [0.5, 0.6) is 0 Å². The van der Waals surface area contributed by atoms with Crippen molar-refractivity contribution < 1.29 is 4.74 Å². The Balaban J connectivity index is 2.56. The summed E-state index contributed by atoms with van der Waals surface area (Å²) in [4.78, 5) is 7.94. The van der Waals surface area contributed by atoms with Gasteiger partial charge in [0.2, 0.25) is 0 Å². The predicted molar refractivity (Wildman–Crippen MR) is 65.9 cm³/mol. The van der Waals surface area contributed by atoms with E-state index in [2.05, 4.69) is 22.2 Å². The number of aromatic nitrogens is 2. The molecule has 1 aromatic rings. The van der Waals surface area contributed by atoms with Gasteiger partial charge in [-0.2, -0.15) is 0 Å². The lowest BCUT2D eigenvalue weighted by molar-refractivity contribution is 0.182. The number of hydrogen-bond acceptors (Lipinski definition) is 4. The number of ether oxygens (including phenoxy) is 1. The van der Waals surface area contributed by atoms with Crippen molar-refractivity contribution in [3.63, 3.8) is 0 Å². The maximum atomic E-state index is 5.97. The zero-order chi connectivity index (χ0) is 11.8. The van der Waals surface area contributed by atoms with Crippen molar-refractivity contribution in [3.8, 4) is 0 Å². The molecule has 0 amide bonds. The molecular weight excluding hydrogens is 226 g/mol. The highest BCUT2D eigenvalue weighted by Gasteiger charge is 2.10. The molecule has 0 aliphatic rings. The molecule has 1 atom stereocenters. The molecule has 0 aromatic carbocycles. The van der Waals surface area contributed by atoms with Crippen LogP contribution in [0.3, 0.4) is 0 Å². The number of unbranched alkanes of at least 4 members (excludes halogenated alkanes) is 1. The van der Waals surface area contributed by atoms with E-state index in [-0.39, 0.29) is 6.04 Å². The summed E-state index contributed by atoms with van der Waals surface area (Å²) in [5, 5.41) is 3.82. The number of halogens is 1. The van der Waals surface area contributed by atoms with Gasteiger partial charge in [-0.25, -0.2) is 9.97 Å². The van der Waals surface area contributed by atoms with Gasteiger partial charge in [0.05, 0.1) is 18.8 Å². The van der Waals surface area contributed by atoms with Gasteiger partial charge in [0, 0.05) is 7.11 Å². The van der Waals surface area contributed by atoms with Gasteiger partial charge in [0.1, 0.15) is 17.2 Å². The Kier molecular flexibility index (Phi) is 6.11. The van der Waals surface area contributed by atoms with Gasteiger partial charge in [-0.1, -0.05) is 31.4 Å². The molecule has 0 fully saturated rings. The molecule has 0 aliphatic carbocycles. The molecule has 1 aromatic heterocycles. The van der Waals surface area contributed by atoms with E-state index >= 15 is 0 Å². The van der Waals surface area contributed by atoms with Crippen LogP contribution >= 0.6 is 11.6 Å². The van der Waals surface area contributed by atoms with Crippen molar-refractivity contribution in [3.05, 3.63) is 17.5 Å². The summed E-state index contributed by atoms with van der Waals surface area (Å²) in [5.41, 5.74) is 0. The van der Waals surface area contributed by atoms with Crippen molar-refractivity contribution in [2.75, 3.05) is 19.0 Å². The third-order valence-corrected chi connectivity index (χ3v) is 2.56. The Hall–Kier alpha value is -0.870. The van der Waals surface area contributed by atoms with Gasteiger partial charge in [-0.3, -0.25) is 0 Å². The fraction of sp³-hybridized carbons (Fsp3) is 0.636. The molecule has 0 saturated heterocycles. The van der Waals surface area contributed by atoms with Crippen LogP contribution in [0.2, 0.25) is 5.02 Å². The molecule has 0 spiro atoms. The number of nitrogens with one attached hydrogen (secondary N) is 1. The van der Waals surface area contributed by atoms with E-state index in [1.54, 1.807) is 13.3 Å². The second-order valence-electron chi connectivity index (χ2n) is 3.66. The summed E-state index contributed by atoms with van der Waals surface area (Å²) >= 11 is 5.97. The fourth-order valence-electron chi connectivity index (χ4n) is 1.46. The highest BCUT2D eigenvalue weighted by molar-refractivity contribution is 6.32. The van der Waals surface area contributed by atoms with Crippen LogP contribution in [0.1, 0.15) is 26.2 Å². The molecule has 1 rings (SSSR count). The van der Waals surface area contributed by atoms with Crippen LogP contribution in [-0.2, 0) is 4.74 Å². The van der Waals surface area contributed by atoms with E-state index in [0.717, 1.165) is 12.8 Å². The van der Waals surface area contributed by atoms with Crippen molar-refractivity contribution >= 4 is 17.4 Å². The molecule has 16 heavy (non-hydrogen) atoms. The highest BCUT2D eigenvalue weighted by Crippen LogP contribution is 2.18. The summed E-state index contributed by atoms with van der Waals surface area (Å²) in [7, 11) is 1.70. The SMILES string of the molecule is CCCCC(COC)Nc1ncncc1Cl. The van der Waals surface area contributed by atoms with E-state index in [1.165, 1.54) is 12.7 Å². The molecular formula is C11H18ClN3O. The molecule has 1 N–H and O–H groups in total. The number of anilines is 1. The lowest BCUT2D eigenvalue weighted by Crippen LogP contribution is -2.25. The summed E-state index contributed by atoms with van der Waals surface area (Å²) in [6.07, 6.45) is 6.44. The normalized spacial score (nSPS) is 12.4. The van der Waals surface area contributed by atoms with Gasteiger partial charge in [-0.05, 0) is 6.42 Å². The Morgan fingerprint density at radius 1 is 1.56 bits per heavy atom.